The second-order valence-electron chi connectivity index (χ2n) is 6.02. The van der Waals surface area contributed by atoms with Gasteiger partial charge in [0.05, 0.1) is 17.7 Å². The van der Waals surface area contributed by atoms with Gasteiger partial charge < -0.3 is 15.2 Å². The van der Waals surface area contributed by atoms with Crippen molar-refractivity contribution in [2.75, 3.05) is 11.9 Å². The van der Waals surface area contributed by atoms with Crippen molar-refractivity contribution in [2.24, 2.45) is 5.92 Å². The van der Waals surface area contributed by atoms with Gasteiger partial charge in [-0.15, -0.1) is 0 Å². The summed E-state index contributed by atoms with van der Waals surface area (Å²) in [7, 11) is 0. The van der Waals surface area contributed by atoms with Crippen molar-refractivity contribution in [3.8, 4) is 0 Å². The van der Waals surface area contributed by atoms with Gasteiger partial charge in [0.15, 0.2) is 0 Å². The topological polar surface area (TPSA) is 58.6 Å². The maximum atomic E-state index is 11.0. The lowest BCUT2D eigenvalue weighted by Gasteiger charge is -2.36. The first-order chi connectivity index (χ1) is 11.1. The Bertz CT molecular complexity index is 759. The van der Waals surface area contributed by atoms with Crippen molar-refractivity contribution in [3.05, 3.63) is 63.6 Å². The van der Waals surface area contributed by atoms with Crippen LogP contribution in [0.4, 0.5) is 5.69 Å². The van der Waals surface area contributed by atoms with Gasteiger partial charge in [0.2, 0.25) is 0 Å². The second kappa shape index (κ2) is 5.65. The molecule has 3 unspecified atom stereocenters. The Hall–Kier alpha value is -1.85. The van der Waals surface area contributed by atoms with E-state index in [2.05, 4.69) is 33.4 Å². The fourth-order valence-corrected chi connectivity index (χ4v) is 3.99. The monoisotopic (exact) mass is 373 g/mol. The third kappa shape index (κ3) is 2.54. The zero-order valence-corrected chi connectivity index (χ0v) is 13.9. The molecule has 23 heavy (non-hydrogen) atoms. The minimum absolute atomic E-state index is 0.0906. The van der Waals surface area contributed by atoms with Crippen LogP contribution >= 0.6 is 15.9 Å². The number of fused-ring (bicyclic) bond motifs is 3. The van der Waals surface area contributed by atoms with Gasteiger partial charge in [-0.3, -0.25) is 0 Å². The standard InChI is InChI=1S/C18H16BrNO3/c19-12-5-6-15-14(9-12)17-13(7-8-23-17)16(20-15)10-1-3-11(4-2-10)18(21)22/h1-6,9,13,16-17,20H,7-8H2,(H,21,22). The highest BCUT2D eigenvalue weighted by Crippen LogP contribution is 2.50. The zero-order chi connectivity index (χ0) is 16.0. The van der Waals surface area contributed by atoms with Crippen LogP contribution < -0.4 is 5.32 Å². The Kier molecular flexibility index (Phi) is 3.62. The van der Waals surface area contributed by atoms with Crippen LogP contribution in [0.2, 0.25) is 0 Å². The van der Waals surface area contributed by atoms with Gasteiger partial charge in [0.1, 0.15) is 0 Å². The van der Waals surface area contributed by atoms with Gasteiger partial charge in [-0.25, -0.2) is 4.79 Å². The highest BCUT2D eigenvalue weighted by atomic mass is 79.9. The van der Waals surface area contributed by atoms with Gasteiger partial charge >= 0.3 is 5.97 Å². The van der Waals surface area contributed by atoms with Crippen molar-refractivity contribution in [1.82, 2.24) is 0 Å². The number of carboxylic acid groups (broad SMARTS) is 1. The Morgan fingerprint density at radius 2 is 2.00 bits per heavy atom. The van der Waals surface area contributed by atoms with E-state index in [0.29, 0.717) is 11.5 Å². The lowest BCUT2D eigenvalue weighted by Crippen LogP contribution is -2.29. The lowest BCUT2D eigenvalue weighted by atomic mass is 9.81. The number of carboxylic acids is 1. The summed E-state index contributed by atoms with van der Waals surface area (Å²) in [4.78, 5) is 11.0. The third-order valence-electron chi connectivity index (χ3n) is 4.71. The summed E-state index contributed by atoms with van der Waals surface area (Å²) in [6, 6.07) is 13.5. The average molecular weight is 374 g/mol. The molecule has 118 valence electrons. The molecule has 2 aromatic rings. The molecule has 2 N–H and O–H groups in total. The van der Waals surface area contributed by atoms with E-state index in [-0.39, 0.29) is 12.1 Å². The molecule has 0 saturated carbocycles. The second-order valence-corrected chi connectivity index (χ2v) is 6.94. The summed E-state index contributed by atoms with van der Waals surface area (Å²) in [5.74, 6) is -0.544. The third-order valence-corrected chi connectivity index (χ3v) is 5.21. The minimum atomic E-state index is -0.898. The number of benzene rings is 2. The molecule has 4 nitrogen and oxygen atoms in total. The van der Waals surface area contributed by atoms with Crippen LogP contribution in [0, 0.1) is 5.92 Å². The summed E-state index contributed by atoms with van der Waals surface area (Å²) in [5, 5.41) is 12.7. The fraction of sp³-hybridized carbons (Fsp3) is 0.278. The van der Waals surface area contributed by atoms with Crippen LogP contribution in [-0.2, 0) is 4.74 Å². The zero-order valence-electron chi connectivity index (χ0n) is 12.3. The van der Waals surface area contributed by atoms with Crippen molar-refractivity contribution < 1.29 is 14.6 Å². The van der Waals surface area contributed by atoms with Crippen LogP contribution in [0.3, 0.4) is 0 Å². The molecule has 2 aliphatic heterocycles. The summed E-state index contributed by atoms with van der Waals surface area (Å²) < 4.78 is 7.05. The highest BCUT2D eigenvalue weighted by molar-refractivity contribution is 9.10. The number of ether oxygens (including phenoxy) is 1. The van der Waals surface area contributed by atoms with Crippen LogP contribution in [0.25, 0.3) is 0 Å². The quantitative estimate of drug-likeness (QED) is 0.819. The number of nitrogens with one attached hydrogen (secondary N) is 1. The van der Waals surface area contributed by atoms with Crippen molar-refractivity contribution in [2.45, 2.75) is 18.6 Å². The first-order valence-electron chi connectivity index (χ1n) is 7.64. The van der Waals surface area contributed by atoms with Gasteiger partial charge in [-0.1, -0.05) is 28.1 Å². The van der Waals surface area contributed by atoms with Crippen LogP contribution in [0.1, 0.15) is 40.1 Å². The average Bonchev–Trinajstić information content (AvgIpc) is 3.04. The summed E-state index contributed by atoms with van der Waals surface area (Å²) in [6.45, 7) is 0.757. The van der Waals surface area contributed by atoms with Crippen molar-refractivity contribution >= 4 is 27.6 Å². The number of anilines is 1. The Balaban J connectivity index is 1.72. The molecule has 2 aliphatic rings. The van der Waals surface area contributed by atoms with E-state index in [1.807, 2.05) is 18.2 Å². The molecule has 0 amide bonds. The Labute approximate surface area is 142 Å². The molecule has 2 aromatic carbocycles. The summed E-state index contributed by atoms with van der Waals surface area (Å²) in [6.07, 6.45) is 1.09. The minimum Gasteiger partial charge on any atom is -0.478 e. The van der Waals surface area contributed by atoms with E-state index < -0.39 is 5.97 Å². The van der Waals surface area contributed by atoms with E-state index in [1.54, 1.807) is 12.1 Å². The summed E-state index contributed by atoms with van der Waals surface area (Å²) in [5.41, 5.74) is 3.70. The number of aromatic carboxylic acids is 1. The van der Waals surface area contributed by atoms with E-state index in [0.717, 1.165) is 28.8 Å². The summed E-state index contributed by atoms with van der Waals surface area (Å²) >= 11 is 3.53. The van der Waals surface area contributed by atoms with Gasteiger partial charge in [-0.05, 0) is 42.3 Å². The first-order valence-corrected chi connectivity index (χ1v) is 8.43. The smallest absolute Gasteiger partial charge is 0.335 e. The molecular weight excluding hydrogens is 358 g/mol. The molecule has 4 rings (SSSR count). The first kappa shape index (κ1) is 14.7. The molecule has 3 atom stereocenters. The van der Waals surface area contributed by atoms with Crippen LogP contribution in [-0.4, -0.2) is 17.7 Å². The normalized spacial score (nSPS) is 25.3. The predicted octanol–water partition coefficient (Wildman–Crippen LogP) is 4.39. The van der Waals surface area contributed by atoms with E-state index in [9.17, 15) is 4.79 Å². The van der Waals surface area contributed by atoms with Crippen LogP contribution in [0.15, 0.2) is 46.9 Å². The van der Waals surface area contributed by atoms with Crippen molar-refractivity contribution in [3.63, 3.8) is 0 Å². The predicted molar refractivity (Wildman–Crippen MR) is 90.7 cm³/mol. The molecule has 0 bridgehead atoms. The molecule has 0 aliphatic carbocycles. The Morgan fingerprint density at radius 1 is 1.22 bits per heavy atom. The highest BCUT2D eigenvalue weighted by Gasteiger charge is 2.41. The molecule has 1 saturated heterocycles. The lowest BCUT2D eigenvalue weighted by molar-refractivity contribution is 0.0696. The molecule has 0 spiro atoms. The van der Waals surface area contributed by atoms with Gasteiger partial charge in [0, 0.05) is 28.2 Å². The number of carbonyl (C=O) groups is 1. The molecular formula is C18H16BrNO3. The number of halogens is 1. The van der Waals surface area contributed by atoms with E-state index in [1.165, 1.54) is 5.56 Å². The molecule has 2 heterocycles. The molecule has 5 heteroatoms. The largest absolute Gasteiger partial charge is 0.478 e. The van der Waals surface area contributed by atoms with E-state index >= 15 is 0 Å². The van der Waals surface area contributed by atoms with Crippen LogP contribution in [0.5, 0.6) is 0 Å². The SMILES string of the molecule is O=C(O)c1ccc(C2Nc3ccc(Br)cc3C3OCCC23)cc1. The Morgan fingerprint density at radius 3 is 2.74 bits per heavy atom. The molecule has 0 aromatic heterocycles. The maximum absolute atomic E-state index is 11.0. The fourth-order valence-electron chi connectivity index (χ4n) is 3.61. The van der Waals surface area contributed by atoms with E-state index in [4.69, 9.17) is 9.84 Å². The molecule has 1 fully saturated rings. The number of hydrogen-bond acceptors (Lipinski definition) is 3. The van der Waals surface area contributed by atoms with Crippen molar-refractivity contribution in [1.29, 1.82) is 0 Å². The molecule has 0 radical (unpaired) electrons. The number of rotatable bonds is 2. The maximum Gasteiger partial charge on any atom is 0.335 e. The van der Waals surface area contributed by atoms with Gasteiger partial charge in [0.25, 0.3) is 0 Å². The van der Waals surface area contributed by atoms with Gasteiger partial charge in [-0.2, -0.15) is 0 Å². The number of hydrogen-bond donors (Lipinski definition) is 2.